The molecule has 1 aliphatic carbocycles. The highest BCUT2D eigenvalue weighted by molar-refractivity contribution is 6.02. The molecule has 0 bridgehead atoms. The lowest BCUT2D eigenvalue weighted by atomic mass is 9.78. The second-order valence-corrected chi connectivity index (χ2v) is 9.22. The van der Waals surface area contributed by atoms with E-state index in [-0.39, 0.29) is 34.3 Å². The maximum atomic E-state index is 13.4. The molecule has 1 saturated carbocycles. The number of amides is 1. The van der Waals surface area contributed by atoms with Gasteiger partial charge in [0.15, 0.2) is 0 Å². The van der Waals surface area contributed by atoms with Crippen LogP contribution in [0, 0.1) is 10.1 Å². The van der Waals surface area contributed by atoms with Gasteiger partial charge in [-0.3, -0.25) is 14.9 Å². The van der Waals surface area contributed by atoms with Crippen molar-refractivity contribution in [2.45, 2.75) is 84.1 Å². The van der Waals surface area contributed by atoms with Crippen LogP contribution >= 0.6 is 0 Å². The number of aliphatic carboxylic acids is 1. The minimum absolute atomic E-state index is 0.0202. The van der Waals surface area contributed by atoms with Crippen molar-refractivity contribution < 1.29 is 19.6 Å². The fourth-order valence-corrected chi connectivity index (χ4v) is 4.76. The number of para-hydroxylation sites is 1. The summed E-state index contributed by atoms with van der Waals surface area (Å²) >= 11 is 0. The highest BCUT2D eigenvalue weighted by Crippen LogP contribution is 2.45. The van der Waals surface area contributed by atoms with Crippen LogP contribution in [0.15, 0.2) is 46.8 Å². The molecular formula is C26H35N3O5. The molecule has 184 valence electrons. The second-order valence-electron chi connectivity index (χ2n) is 9.22. The molecular weight excluding hydrogens is 434 g/mol. The Balaban J connectivity index is 2.04. The first kappa shape index (κ1) is 25.5. The third kappa shape index (κ3) is 5.66. The number of nitrogens with one attached hydrogen (secondary N) is 1. The Bertz CT molecular complexity index is 1010. The van der Waals surface area contributed by atoms with E-state index in [1.165, 1.54) is 25.3 Å². The standard InChI is InChI=1S/C26H35N3O5/c1-4-5-6-7-8-11-16-28-17(2)22(25(30)27-19-14-15-19)24(23(18(28)3)26(31)32)20-12-9-10-13-21(20)29(33)34/h9-10,12-13,19,24H,4-8,11,14-16H2,1-3H3,(H,27,30)(H,31,32). The Morgan fingerprint density at radius 3 is 2.29 bits per heavy atom. The van der Waals surface area contributed by atoms with Gasteiger partial charge in [-0.1, -0.05) is 57.2 Å². The maximum Gasteiger partial charge on any atom is 0.334 e. The van der Waals surface area contributed by atoms with Crippen molar-refractivity contribution in [3.05, 3.63) is 62.5 Å². The fraction of sp³-hybridized carbons (Fsp3) is 0.538. The summed E-state index contributed by atoms with van der Waals surface area (Å²) in [5.74, 6) is -2.53. The van der Waals surface area contributed by atoms with Gasteiger partial charge in [0.2, 0.25) is 5.91 Å². The van der Waals surface area contributed by atoms with Gasteiger partial charge in [0.1, 0.15) is 0 Å². The van der Waals surface area contributed by atoms with Crippen LogP contribution in [0.1, 0.15) is 83.6 Å². The van der Waals surface area contributed by atoms with Crippen molar-refractivity contribution in [2.24, 2.45) is 0 Å². The van der Waals surface area contributed by atoms with Crippen molar-refractivity contribution in [2.75, 3.05) is 6.54 Å². The Hall–Kier alpha value is -3.16. The lowest BCUT2D eigenvalue weighted by Gasteiger charge is -2.37. The molecule has 0 radical (unpaired) electrons. The first-order valence-corrected chi connectivity index (χ1v) is 12.2. The number of hydrogen-bond donors (Lipinski definition) is 2. The Kier molecular flexibility index (Phi) is 8.47. The summed E-state index contributed by atoms with van der Waals surface area (Å²) in [5.41, 5.74) is 1.54. The average molecular weight is 470 g/mol. The largest absolute Gasteiger partial charge is 0.478 e. The van der Waals surface area contributed by atoms with Crippen LogP contribution in [0.25, 0.3) is 0 Å². The second kappa shape index (κ2) is 11.3. The zero-order valence-electron chi connectivity index (χ0n) is 20.3. The van der Waals surface area contributed by atoms with Gasteiger partial charge in [-0.2, -0.15) is 0 Å². The normalized spacial score (nSPS) is 18.3. The van der Waals surface area contributed by atoms with Crippen molar-refractivity contribution >= 4 is 17.6 Å². The highest BCUT2D eigenvalue weighted by Gasteiger charge is 2.42. The number of nitro groups is 1. The molecule has 2 N–H and O–H groups in total. The van der Waals surface area contributed by atoms with E-state index < -0.39 is 16.8 Å². The molecule has 1 unspecified atom stereocenters. The smallest absolute Gasteiger partial charge is 0.334 e. The molecule has 3 rings (SSSR count). The van der Waals surface area contributed by atoms with Crippen LogP contribution in [0.3, 0.4) is 0 Å². The van der Waals surface area contributed by atoms with E-state index in [4.69, 9.17) is 0 Å². The summed E-state index contributed by atoms with van der Waals surface area (Å²) in [6.45, 7) is 6.33. The van der Waals surface area contributed by atoms with Crippen molar-refractivity contribution in [1.29, 1.82) is 0 Å². The number of benzene rings is 1. The van der Waals surface area contributed by atoms with Gasteiger partial charge in [0.05, 0.1) is 16.4 Å². The van der Waals surface area contributed by atoms with Crippen LogP contribution in [0.4, 0.5) is 5.69 Å². The van der Waals surface area contributed by atoms with Crippen molar-refractivity contribution in [3.8, 4) is 0 Å². The number of carboxylic acids is 1. The van der Waals surface area contributed by atoms with Crippen LogP contribution in [-0.4, -0.2) is 39.4 Å². The van der Waals surface area contributed by atoms with Gasteiger partial charge in [-0.25, -0.2) is 4.79 Å². The molecule has 0 aromatic heterocycles. The van der Waals surface area contributed by atoms with Gasteiger partial charge >= 0.3 is 5.97 Å². The summed E-state index contributed by atoms with van der Waals surface area (Å²) in [6, 6.07) is 6.18. The highest BCUT2D eigenvalue weighted by atomic mass is 16.6. The number of carbonyl (C=O) groups is 2. The molecule has 1 fully saturated rings. The molecule has 8 heteroatoms. The molecule has 1 aliphatic heterocycles. The van der Waals surface area contributed by atoms with E-state index in [0.717, 1.165) is 32.1 Å². The molecule has 1 amide bonds. The number of allylic oxidation sites excluding steroid dienone is 2. The number of carboxylic acid groups (broad SMARTS) is 1. The Labute approximate surface area is 200 Å². The van der Waals surface area contributed by atoms with Crippen LogP contribution in [-0.2, 0) is 9.59 Å². The van der Waals surface area contributed by atoms with Crippen molar-refractivity contribution in [1.82, 2.24) is 10.2 Å². The number of unbranched alkanes of at least 4 members (excludes halogenated alkanes) is 5. The topological polar surface area (TPSA) is 113 Å². The molecule has 1 aromatic carbocycles. The minimum atomic E-state index is -1.17. The molecule has 1 heterocycles. The summed E-state index contributed by atoms with van der Waals surface area (Å²) in [5, 5.41) is 25.0. The van der Waals surface area contributed by atoms with E-state index in [0.29, 0.717) is 17.9 Å². The van der Waals surface area contributed by atoms with Crippen LogP contribution in [0.5, 0.6) is 0 Å². The maximum absolute atomic E-state index is 13.4. The lowest BCUT2D eigenvalue weighted by molar-refractivity contribution is -0.385. The molecule has 0 saturated heterocycles. The predicted octanol–water partition coefficient (Wildman–Crippen LogP) is 5.27. The van der Waals surface area contributed by atoms with Gasteiger partial charge in [-0.05, 0) is 33.1 Å². The van der Waals surface area contributed by atoms with E-state index in [1.54, 1.807) is 25.1 Å². The zero-order valence-corrected chi connectivity index (χ0v) is 20.3. The van der Waals surface area contributed by atoms with Crippen molar-refractivity contribution in [3.63, 3.8) is 0 Å². The monoisotopic (exact) mass is 469 g/mol. The number of nitrogens with zero attached hydrogens (tertiary/aromatic N) is 2. The van der Waals surface area contributed by atoms with E-state index >= 15 is 0 Å². The third-order valence-electron chi connectivity index (χ3n) is 6.73. The quantitative estimate of drug-likeness (QED) is 0.245. The molecule has 2 aliphatic rings. The zero-order chi connectivity index (χ0) is 24.8. The summed E-state index contributed by atoms with van der Waals surface area (Å²) in [7, 11) is 0. The SMILES string of the molecule is CCCCCCCCN1C(C)=C(C(=O)O)C(c2ccccc2[N+](=O)[O-])C(C(=O)NC2CC2)=C1C. The van der Waals surface area contributed by atoms with Gasteiger partial charge in [0, 0.05) is 41.2 Å². The third-order valence-corrected chi connectivity index (χ3v) is 6.73. The minimum Gasteiger partial charge on any atom is -0.478 e. The van der Waals surface area contributed by atoms with E-state index in [2.05, 4.69) is 12.2 Å². The summed E-state index contributed by atoms with van der Waals surface area (Å²) < 4.78 is 0. The van der Waals surface area contributed by atoms with E-state index in [1.807, 2.05) is 11.8 Å². The molecule has 34 heavy (non-hydrogen) atoms. The number of rotatable bonds is 12. The number of nitro benzene ring substituents is 1. The predicted molar refractivity (Wildman–Crippen MR) is 130 cm³/mol. The van der Waals surface area contributed by atoms with E-state index in [9.17, 15) is 24.8 Å². The fourth-order valence-electron chi connectivity index (χ4n) is 4.76. The molecule has 8 nitrogen and oxygen atoms in total. The molecule has 0 spiro atoms. The summed E-state index contributed by atoms with van der Waals surface area (Å²) in [4.78, 5) is 39.1. The summed E-state index contributed by atoms with van der Waals surface area (Å²) in [6.07, 6.45) is 8.34. The molecule has 1 atom stereocenters. The Morgan fingerprint density at radius 2 is 1.68 bits per heavy atom. The lowest BCUT2D eigenvalue weighted by Crippen LogP contribution is -2.39. The average Bonchev–Trinajstić information content (AvgIpc) is 3.61. The molecule has 1 aromatic rings. The van der Waals surface area contributed by atoms with Gasteiger partial charge in [-0.15, -0.1) is 0 Å². The first-order chi connectivity index (χ1) is 16.3. The van der Waals surface area contributed by atoms with Gasteiger partial charge in [0.25, 0.3) is 5.69 Å². The Morgan fingerprint density at radius 1 is 1.06 bits per heavy atom. The van der Waals surface area contributed by atoms with Gasteiger partial charge < -0.3 is 15.3 Å². The van der Waals surface area contributed by atoms with Crippen LogP contribution in [0.2, 0.25) is 0 Å². The van der Waals surface area contributed by atoms with Crippen LogP contribution < -0.4 is 5.32 Å². The number of carbonyl (C=O) groups excluding carboxylic acids is 1. The first-order valence-electron chi connectivity index (χ1n) is 12.2. The number of hydrogen-bond acceptors (Lipinski definition) is 5.